The fourth-order valence-corrected chi connectivity index (χ4v) is 2.87. The van der Waals surface area contributed by atoms with Gasteiger partial charge in [0, 0.05) is 33.3 Å². The largest absolute Gasteiger partial charge is 0.381 e. The Bertz CT molecular complexity index is 802. The highest BCUT2D eigenvalue weighted by molar-refractivity contribution is 9.10. The van der Waals surface area contributed by atoms with Gasteiger partial charge in [-0.05, 0) is 42.3 Å². The topological polar surface area (TPSA) is 24.9 Å². The molecule has 0 saturated heterocycles. The van der Waals surface area contributed by atoms with Crippen LogP contribution in [0.15, 0.2) is 53.1 Å². The van der Waals surface area contributed by atoms with Gasteiger partial charge in [0.1, 0.15) is 0 Å². The summed E-state index contributed by atoms with van der Waals surface area (Å²) in [6, 6.07) is 14.2. The van der Waals surface area contributed by atoms with Crippen molar-refractivity contribution >= 4 is 44.1 Å². The van der Waals surface area contributed by atoms with E-state index in [1.807, 2.05) is 37.4 Å². The average Bonchev–Trinajstić information content (AvgIpc) is 2.50. The molecule has 3 rings (SSSR count). The smallest absolute Gasteiger partial charge is 0.0763 e. The quantitative estimate of drug-likeness (QED) is 0.659. The van der Waals surface area contributed by atoms with Crippen molar-refractivity contribution in [3.8, 4) is 0 Å². The van der Waals surface area contributed by atoms with E-state index in [1.54, 1.807) is 0 Å². The van der Waals surface area contributed by atoms with Crippen LogP contribution in [0.4, 0.5) is 5.69 Å². The monoisotopic (exact) mass is 360 g/mol. The van der Waals surface area contributed by atoms with Crippen LogP contribution in [-0.4, -0.2) is 4.98 Å². The lowest BCUT2D eigenvalue weighted by Gasteiger charge is -2.10. The molecule has 0 spiro atoms. The van der Waals surface area contributed by atoms with Crippen LogP contribution in [0.1, 0.15) is 11.1 Å². The summed E-state index contributed by atoms with van der Waals surface area (Å²) in [4.78, 5) is 4.49. The number of aryl methyl sites for hydroxylation is 1. The molecule has 0 radical (unpaired) electrons. The molecule has 0 aliphatic carbocycles. The van der Waals surface area contributed by atoms with Gasteiger partial charge in [-0.1, -0.05) is 45.7 Å². The fourth-order valence-electron chi connectivity index (χ4n) is 2.24. The predicted molar refractivity (Wildman–Crippen MR) is 93.0 cm³/mol. The minimum absolute atomic E-state index is 0.709. The number of fused-ring (bicyclic) bond motifs is 1. The molecule has 0 aliphatic heterocycles. The fraction of sp³-hybridized carbons (Fsp3) is 0.118. The second-order valence-corrected chi connectivity index (χ2v) is 6.19. The van der Waals surface area contributed by atoms with Crippen molar-refractivity contribution in [2.24, 2.45) is 0 Å². The van der Waals surface area contributed by atoms with Crippen molar-refractivity contribution in [3.63, 3.8) is 0 Å². The molecular weight excluding hydrogens is 348 g/mol. The summed E-state index contributed by atoms with van der Waals surface area (Å²) in [5.41, 5.74) is 4.26. The van der Waals surface area contributed by atoms with E-state index >= 15 is 0 Å². The number of rotatable bonds is 3. The van der Waals surface area contributed by atoms with Crippen molar-refractivity contribution in [2.45, 2.75) is 13.5 Å². The highest BCUT2D eigenvalue weighted by Crippen LogP contribution is 2.26. The third-order valence-corrected chi connectivity index (χ3v) is 4.55. The van der Waals surface area contributed by atoms with Crippen LogP contribution in [0.25, 0.3) is 10.9 Å². The SMILES string of the molecule is Cc1ccc(NCc2ccc(Br)c3cccnc23)cc1Cl. The second-order valence-electron chi connectivity index (χ2n) is 4.92. The summed E-state index contributed by atoms with van der Waals surface area (Å²) in [5, 5.41) is 5.30. The molecule has 1 aromatic heterocycles. The number of hydrogen-bond acceptors (Lipinski definition) is 2. The van der Waals surface area contributed by atoms with Crippen LogP contribution >= 0.6 is 27.5 Å². The van der Waals surface area contributed by atoms with Gasteiger partial charge in [0.25, 0.3) is 0 Å². The number of hydrogen-bond donors (Lipinski definition) is 1. The Morgan fingerprint density at radius 1 is 1.19 bits per heavy atom. The van der Waals surface area contributed by atoms with E-state index in [0.717, 1.165) is 37.2 Å². The van der Waals surface area contributed by atoms with Crippen molar-refractivity contribution in [2.75, 3.05) is 5.32 Å². The molecule has 0 aliphatic rings. The number of anilines is 1. The lowest BCUT2D eigenvalue weighted by molar-refractivity contribution is 1.15. The first kappa shape index (κ1) is 14.4. The zero-order chi connectivity index (χ0) is 14.8. The van der Waals surface area contributed by atoms with Gasteiger partial charge < -0.3 is 5.32 Å². The van der Waals surface area contributed by atoms with Crippen LogP contribution in [0, 0.1) is 6.92 Å². The van der Waals surface area contributed by atoms with E-state index in [-0.39, 0.29) is 0 Å². The Morgan fingerprint density at radius 2 is 2.05 bits per heavy atom. The van der Waals surface area contributed by atoms with Crippen molar-refractivity contribution in [3.05, 3.63) is 69.3 Å². The number of benzene rings is 2. The Hall–Kier alpha value is -1.58. The molecule has 2 aromatic carbocycles. The Kier molecular flexibility index (Phi) is 4.13. The van der Waals surface area contributed by atoms with E-state index in [0.29, 0.717) is 6.54 Å². The molecule has 0 saturated carbocycles. The first-order valence-electron chi connectivity index (χ1n) is 6.67. The number of pyridine rings is 1. The third-order valence-electron chi connectivity index (χ3n) is 3.45. The molecule has 3 aromatic rings. The maximum atomic E-state index is 6.15. The summed E-state index contributed by atoms with van der Waals surface area (Å²) in [6.45, 7) is 2.71. The minimum Gasteiger partial charge on any atom is -0.381 e. The van der Waals surface area contributed by atoms with Gasteiger partial charge in [-0.2, -0.15) is 0 Å². The van der Waals surface area contributed by atoms with E-state index in [1.165, 1.54) is 0 Å². The summed E-state index contributed by atoms with van der Waals surface area (Å²) < 4.78 is 1.06. The van der Waals surface area contributed by atoms with Gasteiger partial charge in [-0.3, -0.25) is 4.98 Å². The summed E-state index contributed by atoms with van der Waals surface area (Å²) in [7, 11) is 0. The molecule has 0 unspecified atom stereocenters. The normalized spacial score (nSPS) is 10.8. The lowest BCUT2D eigenvalue weighted by atomic mass is 10.1. The Balaban J connectivity index is 1.88. The molecule has 4 heteroatoms. The highest BCUT2D eigenvalue weighted by Gasteiger charge is 2.05. The second kappa shape index (κ2) is 6.04. The summed E-state index contributed by atoms with van der Waals surface area (Å²) >= 11 is 9.72. The van der Waals surface area contributed by atoms with Gasteiger partial charge in [-0.25, -0.2) is 0 Å². The molecule has 0 amide bonds. The first-order valence-corrected chi connectivity index (χ1v) is 7.84. The van der Waals surface area contributed by atoms with Crippen LogP contribution in [0.3, 0.4) is 0 Å². The Labute approximate surface area is 137 Å². The molecule has 1 heterocycles. The third kappa shape index (κ3) is 3.04. The van der Waals surface area contributed by atoms with Gasteiger partial charge in [-0.15, -0.1) is 0 Å². The molecular formula is C17H14BrClN2. The van der Waals surface area contributed by atoms with Crippen molar-refractivity contribution in [1.29, 1.82) is 0 Å². The van der Waals surface area contributed by atoms with Gasteiger partial charge in [0.15, 0.2) is 0 Å². The van der Waals surface area contributed by atoms with Crippen LogP contribution in [-0.2, 0) is 6.54 Å². The number of nitrogens with one attached hydrogen (secondary N) is 1. The minimum atomic E-state index is 0.709. The van der Waals surface area contributed by atoms with Gasteiger partial charge >= 0.3 is 0 Å². The average molecular weight is 362 g/mol. The van der Waals surface area contributed by atoms with Crippen molar-refractivity contribution in [1.82, 2.24) is 4.98 Å². The lowest BCUT2D eigenvalue weighted by Crippen LogP contribution is -2.01. The molecule has 0 atom stereocenters. The van der Waals surface area contributed by atoms with Crippen LogP contribution in [0.2, 0.25) is 5.02 Å². The number of halogens is 2. The molecule has 1 N–H and O–H groups in total. The van der Waals surface area contributed by atoms with E-state index in [9.17, 15) is 0 Å². The van der Waals surface area contributed by atoms with E-state index in [4.69, 9.17) is 11.6 Å². The van der Waals surface area contributed by atoms with Gasteiger partial charge in [0.05, 0.1) is 5.52 Å². The first-order chi connectivity index (χ1) is 10.1. The zero-order valence-electron chi connectivity index (χ0n) is 11.5. The molecule has 21 heavy (non-hydrogen) atoms. The summed E-state index contributed by atoms with van der Waals surface area (Å²) in [6.07, 6.45) is 1.82. The molecule has 106 valence electrons. The summed E-state index contributed by atoms with van der Waals surface area (Å²) in [5.74, 6) is 0. The number of aromatic nitrogens is 1. The number of nitrogens with zero attached hydrogens (tertiary/aromatic N) is 1. The van der Waals surface area contributed by atoms with E-state index in [2.05, 4.69) is 44.4 Å². The van der Waals surface area contributed by atoms with Crippen LogP contribution in [0.5, 0.6) is 0 Å². The molecule has 0 fully saturated rings. The predicted octanol–water partition coefficient (Wildman–Crippen LogP) is 5.57. The van der Waals surface area contributed by atoms with Crippen molar-refractivity contribution < 1.29 is 0 Å². The standard InChI is InChI=1S/C17H14BrClN2/c1-11-4-6-13(9-16(11)19)21-10-12-5-7-15(18)14-3-2-8-20-17(12)14/h2-9,21H,10H2,1H3. The van der Waals surface area contributed by atoms with Crippen LogP contribution < -0.4 is 5.32 Å². The highest BCUT2D eigenvalue weighted by atomic mass is 79.9. The van der Waals surface area contributed by atoms with E-state index < -0.39 is 0 Å². The molecule has 0 bridgehead atoms. The van der Waals surface area contributed by atoms with Gasteiger partial charge in [0.2, 0.25) is 0 Å². The Morgan fingerprint density at radius 3 is 2.86 bits per heavy atom. The zero-order valence-corrected chi connectivity index (χ0v) is 13.9. The maximum Gasteiger partial charge on any atom is 0.0763 e. The molecule has 2 nitrogen and oxygen atoms in total. The maximum absolute atomic E-state index is 6.15.